The van der Waals surface area contributed by atoms with Crippen LogP contribution >= 0.6 is 11.3 Å². The van der Waals surface area contributed by atoms with E-state index in [0.717, 1.165) is 4.88 Å². The molecular weight excluding hydrogens is 190 g/mol. The lowest BCUT2D eigenvalue weighted by Crippen LogP contribution is -1.92. The van der Waals surface area contributed by atoms with Gasteiger partial charge in [-0.3, -0.25) is 10.1 Å². The topological polar surface area (TPSA) is 52.4 Å². The normalized spacial score (nSPS) is 11.4. The number of thiophene rings is 1. The summed E-state index contributed by atoms with van der Waals surface area (Å²) >= 11 is 1.41. The maximum atomic E-state index is 10.3. The number of nitrogens with zero attached hydrogens (tertiary/aromatic N) is 1. The number of hydrogen-bond donors (Lipinski definition) is 0. The molecule has 5 heteroatoms. The Bertz CT molecular complexity index is 343. The van der Waals surface area contributed by atoms with Gasteiger partial charge in [-0.1, -0.05) is 0 Å². The summed E-state index contributed by atoms with van der Waals surface area (Å²) in [6, 6.07) is 1.78. The van der Waals surface area contributed by atoms with Gasteiger partial charge in [0.1, 0.15) is 5.75 Å². The molecule has 13 heavy (non-hydrogen) atoms. The summed E-state index contributed by atoms with van der Waals surface area (Å²) < 4.78 is 5.01. The second-order valence-electron chi connectivity index (χ2n) is 2.40. The first kappa shape index (κ1) is 9.73. The van der Waals surface area contributed by atoms with Gasteiger partial charge < -0.3 is 4.74 Å². The first-order valence-electron chi connectivity index (χ1n) is 3.59. The van der Waals surface area contributed by atoms with Crippen LogP contribution in [0.4, 0.5) is 0 Å². The molecule has 1 heterocycles. The summed E-state index contributed by atoms with van der Waals surface area (Å²) in [7, 11) is 1.54. The number of hydrogen-bond acceptors (Lipinski definition) is 4. The highest BCUT2D eigenvalue weighted by molar-refractivity contribution is 7.11. The smallest absolute Gasteiger partial charge is 0.244 e. The molecule has 0 aliphatic carbocycles. The van der Waals surface area contributed by atoms with Gasteiger partial charge in [0.15, 0.2) is 0 Å². The van der Waals surface area contributed by atoms with Crippen molar-refractivity contribution >= 4 is 17.4 Å². The highest BCUT2D eigenvalue weighted by Gasteiger charge is 2.06. The molecule has 0 N–H and O–H groups in total. The number of nitro groups is 1. The summed E-state index contributed by atoms with van der Waals surface area (Å²) in [5.74, 6) is 0.672. The minimum Gasteiger partial charge on any atom is -0.495 e. The zero-order chi connectivity index (χ0) is 9.84. The summed E-state index contributed by atoms with van der Waals surface area (Å²) in [4.78, 5) is 10.7. The fraction of sp³-hybridized carbons (Fsp3) is 0.250. The van der Waals surface area contributed by atoms with E-state index < -0.39 is 4.92 Å². The van der Waals surface area contributed by atoms with Gasteiger partial charge in [-0.05, 0) is 11.4 Å². The maximum absolute atomic E-state index is 10.3. The fourth-order valence-corrected chi connectivity index (χ4v) is 1.67. The Hall–Kier alpha value is -1.36. The lowest BCUT2D eigenvalue weighted by molar-refractivity contribution is -0.422. The third-order valence-corrected chi connectivity index (χ3v) is 2.35. The molecule has 1 aromatic heterocycles. The summed E-state index contributed by atoms with van der Waals surface area (Å²) in [6.45, 7) is 1.46. The quantitative estimate of drug-likeness (QED) is 0.554. The van der Waals surface area contributed by atoms with Crippen molar-refractivity contribution in [3.63, 3.8) is 0 Å². The second kappa shape index (κ2) is 4.04. The standard InChI is InChI=1S/C8H9NO3S/c1-6(9(10)11)5-8-7(12-2)3-4-13-8/h3-5H,1-2H3/b6-5+. The van der Waals surface area contributed by atoms with Crippen LogP contribution in [0, 0.1) is 10.1 Å². The van der Waals surface area contributed by atoms with E-state index in [2.05, 4.69) is 0 Å². The summed E-state index contributed by atoms with van der Waals surface area (Å²) in [6.07, 6.45) is 1.50. The largest absolute Gasteiger partial charge is 0.495 e. The molecule has 1 aromatic rings. The Morgan fingerprint density at radius 2 is 2.46 bits per heavy atom. The molecule has 0 aromatic carbocycles. The first-order valence-corrected chi connectivity index (χ1v) is 4.47. The molecule has 0 saturated heterocycles. The SMILES string of the molecule is COc1ccsc1/C=C(\C)[N+](=O)[O-]. The van der Waals surface area contributed by atoms with Crippen LogP contribution in [0.15, 0.2) is 17.1 Å². The van der Waals surface area contributed by atoms with E-state index >= 15 is 0 Å². The zero-order valence-electron chi connectivity index (χ0n) is 7.31. The lowest BCUT2D eigenvalue weighted by Gasteiger charge is -1.95. The molecule has 0 aliphatic rings. The van der Waals surface area contributed by atoms with Crippen molar-refractivity contribution in [1.82, 2.24) is 0 Å². The maximum Gasteiger partial charge on any atom is 0.244 e. The Morgan fingerprint density at radius 3 is 3.00 bits per heavy atom. The molecule has 0 atom stereocenters. The van der Waals surface area contributed by atoms with E-state index in [0.29, 0.717) is 5.75 Å². The van der Waals surface area contributed by atoms with Crippen molar-refractivity contribution in [2.45, 2.75) is 6.92 Å². The average Bonchev–Trinajstić information content (AvgIpc) is 2.51. The molecule has 0 spiro atoms. The number of methoxy groups -OCH3 is 1. The van der Waals surface area contributed by atoms with Crippen molar-refractivity contribution in [3.05, 3.63) is 32.1 Å². The van der Waals surface area contributed by atoms with Crippen LogP contribution in [0.2, 0.25) is 0 Å². The molecule has 0 radical (unpaired) electrons. The van der Waals surface area contributed by atoms with Gasteiger partial charge >= 0.3 is 0 Å². The molecule has 1 rings (SSSR count). The number of rotatable bonds is 3. The molecule has 0 amide bonds. The van der Waals surface area contributed by atoms with Crippen LogP contribution in [-0.2, 0) is 0 Å². The number of allylic oxidation sites excluding steroid dienone is 1. The molecule has 0 aliphatic heterocycles. The van der Waals surface area contributed by atoms with Crippen molar-refractivity contribution in [2.24, 2.45) is 0 Å². The predicted octanol–water partition coefficient (Wildman–Crippen LogP) is 2.39. The molecule has 70 valence electrons. The second-order valence-corrected chi connectivity index (χ2v) is 3.34. The van der Waals surface area contributed by atoms with Gasteiger partial charge in [-0.25, -0.2) is 0 Å². The van der Waals surface area contributed by atoms with E-state index in [4.69, 9.17) is 4.74 Å². The molecule has 0 fully saturated rings. The Labute approximate surface area is 79.6 Å². The van der Waals surface area contributed by atoms with E-state index in [9.17, 15) is 10.1 Å². The van der Waals surface area contributed by atoms with Crippen LogP contribution in [0.1, 0.15) is 11.8 Å². The van der Waals surface area contributed by atoms with E-state index in [1.165, 1.54) is 24.3 Å². The van der Waals surface area contributed by atoms with Gasteiger partial charge in [0.25, 0.3) is 0 Å². The summed E-state index contributed by atoms with van der Waals surface area (Å²) in [5, 5.41) is 12.2. The van der Waals surface area contributed by atoms with Crippen LogP contribution in [-0.4, -0.2) is 12.0 Å². The van der Waals surface area contributed by atoms with Crippen molar-refractivity contribution in [1.29, 1.82) is 0 Å². The monoisotopic (exact) mass is 199 g/mol. The highest BCUT2D eigenvalue weighted by atomic mass is 32.1. The molecule has 0 bridgehead atoms. The molecule has 4 nitrogen and oxygen atoms in total. The number of ether oxygens (including phenoxy) is 1. The zero-order valence-corrected chi connectivity index (χ0v) is 8.13. The highest BCUT2D eigenvalue weighted by Crippen LogP contribution is 2.26. The van der Waals surface area contributed by atoms with Gasteiger partial charge in [-0.15, -0.1) is 11.3 Å². The third kappa shape index (κ3) is 2.29. The van der Waals surface area contributed by atoms with E-state index in [-0.39, 0.29) is 5.70 Å². The average molecular weight is 199 g/mol. The molecule has 0 unspecified atom stereocenters. The van der Waals surface area contributed by atoms with Crippen LogP contribution in [0.25, 0.3) is 6.08 Å². The molecule has 0 saturated carbocycles. The van der Waals surface area contributed by atoms with E-state index in [1.54, 1.807) is 13.2 Å². The first-order chi connectivity index (χ1) is 6.15. The molecular formula is C8H9NO3S. The van der Waals surface area contributed by atoms with Crippen molar-refractivity contribution in [3.8, 4) is 5.75 Å². The summed E-state index contributed by atoms with van der Waals surface area (Å²) in [5.41, 5.74) is 0.112. The van der Waals surface area contributed by atoms with Gasteiger partial charge in [0.2, 0.25) is 5.70 Å². The van der Waals surface area contributed by atoms with Crippen molar-refractivity contribution < 1.29 is 9.66 Å². The van der Waals surface area contributed by atoms with E-state index in [1.807, 2.05) is 5.38 Å². The van der Waals surface area contributed by atoms with Gasteiger partial charge in [0.05, 0.1) is 16.9 Å². The Morgan fingerprint density at radius 1 is 1.77 bits per heavy atom. The minimum absolute atomic E-state index is 0.112. The predicted molar refractivity (Wildman–Crippen MR) is 51.5 cm³/mol. The fourth-order valence-electron chi connectivity index (χ4n) is 0.826. The third-order valence-electron chi connectivity index (χ3n) is 1.51. The van der Waals surface area contributed by atoms with Gasteiger partial charge in [0, 0.05) is 13.0 Å². The lowest BCUT2D eigenvalue weighted by atomic mass is 10.3. The van der Waals surface area contributed by atoms with Crippen LogP contribution < -0.4 is 4.74 Å². The van der Waals surface area contributed by atoms with Crippen molar-refractivity contribution in [2.75, 3.05) is 7.11 Å². The Kier molecular flexibility index (Phi) is 3.02. The van der Waals surface area contributed by atoms with Gasteiger partial charge in [-0.2, -0.15) is 0 Å². The Balaban J connectivity index is 2.96. The van der Waals surface area contributed by atoms with Crippen LogP contribution in [0.5, 0.6) is 5.75 Å². The van der Waals surface area contributed by atoms with Crippen LogP contribution in [0.3, 0.4) is 0 Å². The minimum atomic E-state index is -0.418.